The van der Waals surface area contributed by atoms with Crippen molar-refractivity contribution in [2.75, 3.05) is 13.7 Å². The van der Waals surface area contributed by atoms with E-state index in [0.717, 1.165) is 16.5 Å². The highest BCUT2D eigenvalue weighted by Gasteiger charge is 2.08. The van der Waals surface area contributed by atoms with Gasteiger partial charge in [0.15, 0.2) is 0 Å². The lowest BCUT2D eigenvalue weighted by Gasteiger charge is -2.07. The number of fused-ring (bicyclic) bond motifs is 1. The van der Waals surface area contributed by atoms with Crippen LogP contribution in [0.25, 0.3) is 10.8 Å². The summed E-state index contributed by atoms with van der Waals surface area (Å²) < 4.78 is 10.2. The van der Waals surface area contributed by atoms with Gasteiger partial charge in [0.05, 0.1) is 19.3 Å². The van der Waals surface area contributed by atoms with E-state index in [0.29, 0.717) is 12.2 Å². The van der Waals surface area contributed by atoms with Crippen LogP contribution in [0.1, 0.15) is 17.3 Å². The summed E-state index contributed by atoms with van der Waals surface area (Å²) in [5.41, 5.74) is 0.545. The van der Waals surface area contributed by atoms with Gasteiger partial charge in [0, 0.05) is 5.39 Å². The second-order valence-electron chi connectivity index (χ2n) is 3.62. The van der Waals surface area contributed by atoms with Crippen molar-refractivity contribution in [3.05, 3.63) is 42.0 Å². The van der Waals surface area contributed by atoms with E-state index in [9.17, 15) is 4.79 Å². The predicted octanol–water partition coefficient (Wildman–Crippen LogP) is 3.03. The summed E-state index contributed by atoms with van der Waals surface area (Å²) >= 11 is 0. The fourth-order valence-corrected chi connectivity index (χ4v) is 1.76. The molecule has 3 heteroatoms. The van der Waals surface area contributed by atoms with Gasteiger partial charge in [-0.1, -0.05) is 18.2 Å². The second kappa shape index (κ2) is 4.87. The SMILES string of the molecule is CCOC(=O)c1ccc2cccc(OC)c2c1. The molecule has 0 bridgehead atoms. The van der Waals surface area contributed by atoms with Crippen LogP contribution >= 0.6 is 0 Å². The van der Waals surface area contributed by atoms with E-state index in [1.165, 1.54) is 0 Å². The first-order valence-corrected chi connectivity index (χ1v) is 5.50. The Morgan fingerprint density at radius 1 is 1.24 bits per heavy atom. The number of benzene rings is 2. The normalized spacial score (nSPS) is 10.2. The molecular weight excluding hydrogens is 216 g/mol. The summed E-state index contributed by atoms with van der Waals surface area (Å²) in [4.78, 5) is 11.6. The zero-order chi connectivity index (χ0) is 12.3. The summed E-state index contributed by atoms with van der Waals surface area (Å²) in [5.74, 6) is 0.453. The van der Waals surface area contributed by atoms with Crippen LogP contribution in [0.3, 0.4) is 0 Å². The lowest BCUT2D eigenvalue weighted by molar-refractivity contribution is 0.0526. The van der Waals surface area contributed by atoms with Crippen LogP contribution in [-0.4, -0.2) is 19.7 Å². The van der Waals surface area contributed by atoms with Gasteiger partial charge >= 0.3 is 5.97 Å². The Kier molecular flexibility index (Phi) is 3.28. The Labute approximate surface area is 100.0 Å². The highest BCUT2D eigenvalue weighted by Crippen LogP contribution is 2.26. The van der Waals surface area contributed by atoms with Crippen molar-refractivity contribution in [3.8, 4) is 5.75 Å². The molecule has 0 atom stereocenters. The number of rotatable bonds is 3. The van der Waals surface area contributed by atoms with E-state index in [1.807, 2.05) is 24.3 Å². The molecule has 0 saturated carbocycles. The minimum Gasteiger partial charge on any atom is -0.496 e. The molecule has 0 aliphatic heterocycles. The minimum atomic E-state index is -0.305. The van der Waals surface area contributed by atoms with Gasteiger partial charge in [0.1, 0.15) is 5.75 Å². The summed E-state index contributed by atoms with van der Waals surface area (Å²) in [5, 5.41) is 1.96. The fraction of sp³-hybridized carbons (Fsp3) is 0.214. The first kappa shape index (κ1) is 11.5. The molecule has 17 heavy (non-hydrogen) atoms. The van der Waals surface area contributed by atoms with Crippen molar-refractivity contribution in [3.63, 3.8) is 0 Å². The zero-order valence-electron chi connectivity index (χ0n) is 9.90. The topological polar surface area (TPSA) is 35.5 Å². The molecule has 0 radical (unpaired) electrons. The highest BCUT2D eigenvalue weighted by molar-refractivity contribution is 5.97. The minimum absolute atomic E-state index is 0.305. The average Bonchev–Trinajstić information content (AvgIpc) is 2.37. The van der Waals surface area contributed by atoms with Crippen molar-refractivity contribution in [1.29, 1.82) is 0 Å². The molecule has 2 aromatic rings. The van der Waals surface area contributed by atoms with E-state index in [2.05, 4.69) is 0 Å². The van der Waals surface area contributed by atoms with Crippen molar-refractivity contribution in [2.24, 2.45) is 0 Å². The molecule has 0 aromatic heterocycles. The zero-order valence-corrected chi connectivity index (χ0v) is 9.90. The maximum absolute atomic E-state index is 11.6. The average molecular weight is 230 g/mol. The monoisotopic (exact) mass is 230 g/mol. The Morgan fingerprint density at radius 2 is 2.06 bits per heavy atom. The standard InChI is InChI=1S/C14H14O3/c1-3-17-14(15)11-8-7-10-5-4-6-13(16-2)12(10)9-11/h4-9H,3H2,1-2H3. The van der Waals surface area contributed by atoms with Gasteiger partial charge in [-0.2, -0.15) is 0 Å². The van der Waals surface area contributed by atoms with Crippen LogP contribution < -0.4 is 4.74 Å². The van der Waals surface area contributed by atoms with Crippen LogP contribution in [0.15, 0.2) is 36.4 Å². The van der Waals surface area contributed by atoms with Crippen molar-refractivity contribution >= 4 is 16.7 Å². The maximum atomic E-state index is 11.6. The third-order valence-electron chi connectivity index (χ3n) is 2.57. The molecule has 2 rings (SSSR count). The van der Waals surface area contributed by atoms with E-state index in [-0.39, 0.29) is 5.97 Å². The molecular formula is C14H14O3. The number of esters is 1. The molecule has 88 valence electrons. The molecule has 0 unspecified atom stereocenters. The Morgan fingerprint density at radius 3 is 2.76 bits per heavy atom. The van der Waals surface area contributed by atoms with Gasteiger partial charge in [0.2, 0.25) is 0 Å². The van der Waals surface area contributed by atoms with E-state index >= 15 is 0 Å². The summed E-state index contributed by atoms with van der Waals surface area (Å²) in [6, 6.07) is 11.2. The molecule has 0 N–H and O–H groups in total. The van der Waals surface area contributed by atoms with Gasteiger partial charge < -0.3 is 9.47 Å². The summed E-state index contributed by atoms with van der Waals surface area (Å²) in [7, 11) is 1.62. The van der Waals surface area contributed by atoms with Crippen LogP contribution in [-0.2, 0) is 4.74 Å². The molecule has 0 heterocycles. The number of methoxy groups -OCH3 is 1. The molecule has 0 fully saturated rings. The van der Waals surface area contributed by atoms with Gasteiger partial charge in [-0.15, -0.1) is 0 Å². The molecule has 2 aromatic carbocycles. The van der Waals surface area contributed by atoms with E-state index in [4.69, 9.17) is 9.47 Å². The lowest BCUT2D eigenvalue weighted by Crippen LogP contribution is -2.04. The summed E-state index contributed by atoms with van der Waals surface area (Å²) in [6.07, 6.45) is 0. The molecule has 0 aliphatic rings. The third-order valence-corrected chi connectivity index (χ3v) is 2.57. The van der Waals surface area contributed by atoms with E-state index < -0.39 is 0 Å². The molecule has 0 aliphatic carbocycles. The van der Waals surface area contributed by atoms with Crippen LogP contribution in [0.2, 0.25) is 0 Å². The van der Waals surface area contributed by atoms with Crippen molar-refractivity contribution < 1.29 is 14.3 Å². The first-order valence-electron chi connectivity index (χ1n) is 5.50. The second-order valence-corrected chi connectivity index (χ2v) is 3.62. The number of carbonyl (C=O) groups excluding carboxylic acids is 1. The van der Waals surface area contributed by atoms with E-state index in [1.54, 1.807) is 26.2 Å². The van der Waals surface area contributed by atoms with Crippen LogP contribution in [0.4, 0.5) is 0 Å². The molecule has 0 spiro atoms. The lowest BCUT2D eigenvalue weighted by atomic mass is 10.1. The largest absolute Gasteiger partial charge is 0.496 e. The smallest absolute Gasteiger partial charge is 0.338 e. The van der Waals surface area contributed by atoms with Crippen molar-refractivity contribution in [1.82, 2.24) is 0 Å². The quantitative estimate of drug-likeness (QED) is 0.760. The Balaban J connectivity index is 2.52. The number of hydrogen-bond donors (Lipinski definition) is 0. The fourth-order valence-electron chi connectivity index (χ4n) is 1.76. The predicted molar refractivity (Wildman–Crippen MR) is 66.5 cm³/mol. The highest BCUT2D eigenvalue weighted by atomic mass is 16.5. The first-order chi connectivity index (χ1) is 8.26. The van der Waals surface area contributed by atoms with Gasteiger partial charge in [0.25, 0.3) is 0 Å². The molecule has 0 amide bonds. The van der Waals surface area contributed by atoms with Gasteiger partial charge in [-0.05, 0) is 30.5 Å². The molecule has 0 saturated heterocycles. The van der Waals surface area contributed by atoms with Gasteiger partial charge in [-0.25, -0.2) is 4.79 Å². The number of ether oxygens (including phenoxy) is 2. The van der Waals surface area contributed by atoms with Crippen LogP contribution in [0.5, 0.6) is 5.75 Å². The summed E-state index contributed by atoms with van der Waals surface area (Å²) in [6.45, 7) is 2.17. The maximum Gasteiger partial charge on any atom is 0.338 e. The Bertz CT molecular complexity index is 546. The Hall–Kier alpha value is -2.03. The van der Waals surface area contributed by atoms with Crippen molar-refractivity contribution in [2.45, 2.75) is 6.92 Å². The number of carbonyl (C=O) groups is 1. The number of hydrogen-bond acceptors (Lipinski definition) is 3. The third kappa shape index (κ3) is 2.23. The molecule has 3 nitrogen and oxygen atoms in total. The van der Waals surface area contributed by atoms with Gasteiger partial charge in [-0.3, -0.25) is 0 Å². The van der Waals surface area contributed by atoms with Crippen LogP contribution in [0, 0.1) is 0 Å².